The third kappa shape index (κ3) is 5.33. The van der Waals surface area contributed by atoms with Crippen LogP contribution in [0.15, 0.2) is 53.1 Å². The van der Waals surface area contributed by atoms with Crippen LogP contribution in [0.4, 0.5) is 5.69 Å². The summed E-state index contributed by atoms with van der Waals surface area (Å²) < 4.78 is 21.7. The number of ether oxygens (including phenoxy) is 3. The minimum atomic E-state index is -0.404. The fourth-order valence-corrected chi connectivity index (χ4v) is 4.88. The maximum Gasteiger partial charge on any atom is 0.348 e. The summed E-state index contributed by atoms with van der Waals surface area (Å²) in [5.74, 6) is 0.266. The number of anilines is 1. The van der Waals surface area contributed by atoms with E-state index >= 15 is 0 Å². The molecule has 10 heteroatoms. The molecule has 5 rings (SSSR count). The first-order valence-corrected chi connectivity index (χ1v) is 12.5. The maximum atomic E-state index is 11.8. The van der Waals surface area contributed by atoms with Crippen molar-refractivity contribution in [3.8, 4) is 34.5 Å². The molecule has 0 unspecified atom stereocenters. The number of oxazole rings is 1. The smallest absolute Gasteiger partial charge is 0.348 e. The second kappa shape index (κ2) is 10.8. The molecule has 1 aliphatic rings. The van der Waals surface area contributed by atoms with E-state index in [1.807, 2.05) is 18.2 Å². The number of carbonyl (C=O) groups is 1. The van der Waals surface area contributed by atoms with Crippen molar-refractivity contribution in [2.24, 2.45) is 0 Å². The summed E-state index contributed by atoms with van der Waals surface area (Å²) in [7, 11) is 1.34. The van der Waals surface area contributed by atoms with Gasteiger partial charge in [0.1, 0.15) is 35.1 Å². The monoisotopic (exact) mass is 516 g/mol. The van der Waals surface area contributed by atoms with E-state index in [1.165, 1.54) is 24.7 Å². The molecule has 1 saturated heterocycles. The summed E-state index contributed by atoms with van der Waals surface area (Å²) in [5, 5.41) is 10.0. The molecule has 0 bridgehead atoms. The van der Waals surface area contributed by atoms with Crippen LogP contribution in [-0.2, 0) is 16.1 Å². The van der Waals surface area contributed by atoms with Gasteiger partial charge in [0.25, 0.3) is 0 Å². The average molecular weight is 517 g/mol. The van der Waals surface area contributed by atoms with Gasteiger partial charge in [-0.2, -0.15) is 5.26 Å². The molecule has 1 fully saturated rings. The molecule has 0 amide bonds. The minimum Gasteiger partial charge on any atom is -0.471 e. The zero-order chi connectivity index (χ0) is 25.8. The van der Waals surface area contributed by atoms with E-state index in [4.69, 9.17) is 23.6 Å². The Kier molecular flexibility index (Phi) is 7.16. The van der Waals surface area contributed by atoms with Crippen molar-refractivity contribution < 1.29 is 23.4 Å². The number of hydrogen-bond donors (Lipinski definition) is 0. The van der Waals surface area contributed by atoms with Crippen LogP contribution < -0.4 is 9.64 Å². The van der Waals surface area contributed by atoms with Crippen molar-refractivity contribution in [3.63, 3.8) is 0 Å². The van der Waals surface area contributed by atoms with Crippen molar-refractivity contribution in [2.45, 2.75) is 13.5 Å². The lowest BCUT2D eigenvalue weighted by Gasteiger charge is -2.28. The summed E-state index contributed by atoms with van der Waals surface area (Å²) >= 11 is 1.27. The summed E-state index contributed by atoms with van der Waals surface area (Å²) in [6.45, 7) is 5.01. The molecule has 0 atom stereocenters. The molecular formula is C27H24N4O5S. The van der Waals surface area contributed by atoms with Crippen LogP contribution >= 0.6 is 11.3 Å². The van der Waals surface area contributed by atoms with Crippen LogP contribution in [0.25, 0.3) is 22.5 Å². The number of carbonyl (C=O) groups excluding carboxylic acids is 1. The zero-order valence-corrected chi connectivity index (χ0v) is 21.2. The lowest BCUT2D eigenvalue weighted by molar-refractivity contribution is 0.0606. The molecule has 0 saturated carbocycles. The van der Waals surface area contributed by atoms with Gasteiger partial charge in [0.15, 0.2) is 5.89 Å². The maximum absolute atomic E-state index is 11.8. The Morgan fingerprint density at radius 2 is 1.92 bits per heavy atom. The average Bonchev–Trinajstić information content (AvgIpc) is 3.60. The van der Waals surface area contributed by atoms with Gasteiger partial charge in [-0.15, -0.1) is 11.3 Å². The predicted molar refractivity (Wildman–Crippen MR) is 138 cm³/mol. The molecule has 4 aromatic rings. The number of methoxy groups -OCH3 is 1. The van der Waals surface area contributed by atoms with E-state index in [1.54, 1.807) is 19.1 Å². The highest BCUT2D eigenvalue weighted by molar-refractivity contribution is 7.13. The number of aromatic nitrogens is 2. The van der Waals surface area contributed by atoms with Crippen molar-refractivity contribution >= 4 is 23.0 Å². The molecule has 4 heterocycles. The Hall–Kier alpha value is -4.20. The summed E-state index contributed by atoms with van der Waals surface area (Å²) in [5.41, 5.74) is 3.97. The number of nitriles is 1. The van der Waals surface area contributed by atoms with Crippen LogP contribution in [0.2, 0.25) is 0 Å². The van der Waals surface area contributed by atoms with Crippen LogP contribution in [0.3, 0.4) is 0 Å². The van der Waals surface area contributed by atoms with Crippen LogP contribution in [0, 0.1) is 18.3 Å². The number of nitrogens with zero attached hydrogens (tertiary/aromatic N) is 4. The first-order chi connectivity index (χ1) is 18.1. The van der Waals surface area contributed by atoms with Crippen molar-refractivity contribution in [3.05, 3.63) is 69.9 Å². The number of morpholine rings is 1. The van der Waals surface area contributed by atoms with E-state index in [2.05, 4.69) is 28.1 Å². The molecule has 9 nitrogen and oxygen atoms in total. The molecule has 37 heavy (non-hydrogen) atoms. The predicted octanol–water partition coefficient (Wildman–Crippen LogP) is 4.85. The number of pyridine rings is 1. The normalized spacial score (nSPS) is 13.3. The molecule has 1 aromatic carbocycles. The summed E-state index contributed by atoms with van der Waals surface area (Å²) in [6.07, 6.45) is 1.52. The number of hydrogen-bond acceptors (Lipinski definition) is 10. The van der Waals surface area contributed by atoms with Gasteiger partial charge in [0.05, 0.1) is 26.0 Å². The highest BCUT2D eigenvalue weighted by Gasteiger charge is 2.20. The zero-order valence-electron chi connectivity index (χ0n) is 20.4. The number of thiophene rings is 1. The number of benzene rings is 1. The Bertz CT molecular complexity index is 1450. The van der Waals surface area contributed by atoms with E-state index in [-0.39, 0.29) is 18.1 Å². The van der Waals surface area contributed by atoms with E-state index < -0.39 is 5.97 Å². The first kappa shape index (κ1) is 24.5. The van der Waals surface area contributed by atoms with Crippen LogP contribution in [0.5, 0.6) is 5.88 Å². The number of esters is 1. The van der Waals surface area contributed by atoms with Crippen molar-refractivity contribution in [1.82, 2.24) is 9.97 Å². The van der Waals surface area contributed by atoms with E-state index in [0.29, 0.717) is 40.9 Å². The first-order valence-electron chi connectivity index (χ1n) is 11.7. The van der Waals surface area contributed by atoms with Crippen molar-refractivity contribution in [1.29, 1.82) is 5.26 Å². The molecule has 0 N–H and O–H groups in total. The fraction of sp³-hybridized carbons (Fsp3) is 0.259. The van der Waals surface area contributed by atoms with Crippen LogP contribution in [-0.4, -0.2) is 49.4 Å². The van der Waals surface area contributed by atoms with E-state index in [9.17, 15) is 10.1 Å². The second-order valence-electron chi connectivity index (χ2n) is 8.29. The molecule has 0 aliphatic carbocycles. The van der Waals surface area contributed by atoms with Crippen molar-refractivity contribution in [2.75, 3.05) is 38.3 Å². The Morgan fingerprint density at radius 3 is 2.59 bits per heavy atom. The Balaban J connectivity index is 1.49. The minimum absolute atomic E-state index is 0.139. The van der Waals surface area contributed by atoms with Gasteiger partial charge in [-0.1, -0.05) is 12.1 Å². The Morgan fingerprint density at radius 1 is 1.14 bits per heavy atom. The molecule has 0 radical (unpaired) electrons. The lowest BCUT2D eigenvalue weighted by atomic mass is 10.0. The third-order valence-corrected chi connectivity index (χ3v) is 6.97. The van der Waals surface area contributed by atoms with Gasteiger partial charge < -0.3 is 23.5 Å². The van der Waals surface area contributed by atoms with Gasteiger partial charge in [0.2, 0.25) is 5.88 Å². The third-order valence-electron chi connectivity index (χ3n) is 5.93. The SMILES string of the molecule is COC(=O)c1ccc(COc2nc(-c3ccc(N4CCOCC4)cc3)cc(-c3coc(C)n3)c2C#N)s1. The molecular weight excluding hydrogens is 492 g/mol. The van der Waals surface area contributed by atoms with Gasteiger partial charge in [-0.05, 0) is 30.3 Å². The molecule has 0 spiro atoms. The standard InChI is InChI=1S/C27H24N4O5S/c1-17-29-24(16-35-17)21-13-23(18-3-5-19(6-4-18)31-9-11-34-12-10-31)30-26(22(21)14-28)36-15-20-7-8-25(37-20)27(32)33-2/h3-8,13,16H,9-12,15H2,1-2H3. The molecule has 1 aliphatic heterocycles. The lowest BCUT2D eigenvalue weighted by Crippen LogP contribution is -2.36. The summed E-state index contributed by atoms with van der Waals surface area (Å²) in [6, 6.07) is 15.6. The second-order valence-corrected chi connectivity index (χ2v) is 9.46. The quantitative estimate of drug-likeness (QED) is 0.318. The fourth-order valence-electron chi connectivity index (χ4n) is 4.04. The van der Waals surface area contributed by atoms with Gasteiger partial charge in [-0.25, -0.2) is 14.8 Å². The van der Waals surface area contributed by atoms with Gasteiger partial charge in [-0.3, -0.25) is 0 Å². The number of aryl methyl sites for hydroxylation is 1. The number of rotatable bonds is 7. The topological polar surface area (TPSA) is 111 Å². The van der Waals surface area contributed by atoms with Gasteiger partial charge >= 0.3 is 5.97 Å². The van der Waals surface area contributed by atoms with E-state index in [0.717, 1.165) is 29.2 Å². The Labute approximate surface area is 217 Å². The molecule has 3 aromatic heterocycles. The van der Waals surface area contributed by atoms with Crippen LogP contribution in [0.1, 0.15) is 26.0 Å². The molecule has 188 valence electrons. The summed E-state index contributed by atoms with van der Waals surface area (Å²) in [4.78, 5) is 24.5. The largest absolute Gasteiger partial charge is 0.471 e. The highest BCUT2D eigenvalue weighted by Crippen LogP contribution is 2.34. The van der Waals surface area contributed by atoms with Gasteiger partial charge in [0, 0.05) is 41.7 Å². The highest BCUT2D eigenvalue weighted by atomic mass is 32.1.